The molecule has 0 amide bonds. The lowest BCUT2D eigenvalue weighted by atomic mass is 9.97. The molecule has 1 aromatic heterocycles. The van der Waals surface area contributed by atoms with E-state index in [-0.39, 0.29) is 18.2 Å². The Kier molecular flexibility index (Phi) is 10.0. The molecule has 3 aromatic rings. The summed E-state index contributed by atoms with van der Waals surface area (Å²) in [7, 11) is 0. The zero-order chi connectivity index (χ0) is 25.3. The fourth-order valence-corrected chi connectivity index (χ4v) is 5.99. The lowest BCUT2D eigenvalue weighted by Gasteiger charge is -2.36. The minimum Gasteiger partial charge on any atom is -0.376 e. The third-order valence-electron chi connectivity index (χ3n) is 8.07. The van der Waals surface area contributed by atoms with Crippen molar-refractivity contribution < 1.29 is 9.53 Å². The van der Waals surface area contributed by atoms with Crippen LogP contribution in [0.25, 0.3) is 21.8 Å². The third kappa shape index (κ3) is 6.39. The summed E-state index contributed by atoms with van der Waals surface area (Å²) in [6.07, 6.45) is 12.7. The van der Waals surface area contributed by atoms with Crippen LogP contribution in [0.4, 0.5) is 0 Å². The van der Waals surface area contributed by atoms with Gasteiger partial charge in [-0.2, -0.15) is 0 Å². The molecule has 4 nitrogen and oxygen atoms in total. The summed E-state index contributed by atoms with van der Waals surface area (Å²) in [5, 5.41) is 2.48. The average Bonchev–Trinajstić information content (AvgIpc) is 3.23. The van der Waals surface area contributed by atoms with Crippen LogP contribution in [0.2, 0.25) is 0 Å². The standard InChI is InChI=1S/C32H46N2O2/c1-4-5-6-7-8-9-10-11-12-21-31(32(35)26(3)33-22-23-36-25(2)24-33)34-29-19-15-13-17-27(29)28-18-14-16-20-30(28)34/h13-20,25-26,31H,4-12,21-24H2,1-3H3. The van der Waals surface area contributed by atoms with Crippen molar-refractivity contribution >= 4 is 27.6 Å². The highest BCUT2D eigenvalue weighted by Gasteiger charge is 2.32. The van der Waals surface area contributed by atoms with E-state index < -0.39 is 0 Å². The second kappa shape index (κ2) is 13.4. The lowest BCUT2D eigenvalue weighted by Crippen LogP contribution is -2.50. The molecule has 196 valence electrons. The number of nitrogens with zero attached hydrogens (tertiary/aromatic N) is 2. The van der Waals surface area contributed by atoms with Gasteiger partial charge in [-0.1, -0.05) is 101 Å². The minimum atomic E-state index is -0.146. The molecule has 1 saturated heterocycles. The zero-order valence-electron chi connectivity index (χ0n) is 22.8. The maximum atomic E-state index is 14.2. The number of carbonyl (C=O) groups excluding carboxylic acids is 1. The van der Waals surface area contributed by atoms with Crippen LogP contribution in [0.15, 0.2) is 48.5 Å². The molecule has 2 aromatic carbocycles. The molecule has 1 aliphatic heterocycles. The molecule has 0 bridgehead atoms. The molecule has 0 radical (unpaired) electrons. The first-order valence-corrected chi connectivity index (χ1v) is 14.5. The number of Topliss-reactive ketones (excluding diaryl/α,β-unsaturated/α-hetero) is 1. The topological polar surface area (TPSA) is 34.5 Å². The van der Waals surface area contributed by atoms with Crippen molar-refractivity contribution in [1.82, 2.24) is 9.47 Å². The van der Waals surface area contributed by atoms with E-state index in [1.54, 1.807) is 0 Å². The molecule has 0 aliphatic carbocycles. The fourth-order valence-electron chi connectivity index (χ4n) is 5.99. The first kappa shape index (κ1) is 26.9. The van der Waals surface area contributed by atoms with E-state index in [4.69, 9.17) is 4.74 Å². The number of hydrogen-bond donors (Lipinski definition) is 0. The minimum absolute atomic E-state index is 0.111. The van der Waals surface area contributed by atoms with Crippen molar-refractivity contribution in [2.24, 2.45) is 0 Å². The molecule has 3 atom stereocenters. The smallest absolute Gasteiger partial charge is 0.172 e. The van der Waals surface area contributed by atoms with Gasteiger partial charge in [-0.25, -0.2) is 0 Å². The van der Waals surface area contributed by atoms with Gasteiger partial charge in [-0.15, -0.1) is 0 Å². The van der Waals surface area contributed by atoms with Crippen LogP contribution in [0.5, 0.6) is 0 Å². The molecule has 0 saturated carbocycles. The van der Waals surface area contributed by atoms with Gasteiger partial charge >= 0.3 is 0 Å². The van der Waals surface area contributed by atoms with Gasteiger partial charge in [0.1, 0.15) is 0 Å². The first-order valence-electron chi connectivity index (χ1n) is 14.5. The Morgan fingerprint density at radius 3 is 2.03 bits per heavy atom. The van der Waals surface area contributed by atoms with Gasteiger partial charge in [-0.05, 0) is 32.4 Å². The molecule has 0 spiro atoms. The van der Waals surface area contributed by atoms with Gasteiger partial charge < -0.3 is 9.30 Å². The number of benzene rings is 2. The van der Waals surface area contributed by atoms with Crippen LogP contribution >= 0.6 is 0 Å². The second-order valence-electron chi connectivity index (χ2n) is 10.8. The van der Waals surface area contributed by atoms with Crippen LogP contribution in [-0.4, -0.2) is 47.1 Å². The van der Waals surface area contributed by atoms with Crippen LogP contribution in [0, 0.1) is 0 Å². The molecule has 3 unspecified atom stereocenters. The SMILES string of the molecule is CCCCCCCCCCCC(C(=O)C(C)N1CCOC(C)C1)n1c2ccccc2c2ccccc21. The molecular formula is C32H46N2O2. The summed E-state index contributed by atoms with van der Waals surface area (Å²) >= 11 is 0. The zero-order valence-corrected chi connectivity index (χ0v) is 22.8. The molecule has 0 N–H and O–H groups in total. The largest absolute Gasteiger partial charge is 0.376 e. The monoisotopic (exact) mass is 490 g/mol. The fraction of sp³-hybridized carbons (Fsp3) is 0.594. The van der Waals surface area contributed by atoms with Crippen molar-refractivity contribution in [2.75, 3.05) is 19.7 Å². The van der Waals surface area contributed by atoms with Gasteiger partial charge in [0.2, 0.25) is 0 Å². The average molecular weight is 491 g/mol. The number of rotatable bonds is 14. The summed E-state index contributed by atoms with van der Waals surface area (Å²) in [6.45, 7) is 8.85. The predicted octanol–water partition coefficient (Wildman–Crippen LogP) is 7.93. The summed E-state index contributed by atoms with van der Waals surface area (Å²) in [5.41, 5.74) is 2.35. The molecule has 4 heteroatoms. The Bertz CT molecular complexity index is 1050. The molecule has 1 fully saturated rings. The van der Waals surface area contributed by atoms with Gasteiger partial charge in [0.05, 0.1) is 24.8 Å². The number of carbonyl (C=O) groups is 1. The molecule has 1 aliphatic rings. The quantitative estimate of drug-likeness (QED) is 0.215. The van der Waals surface area contributed by atoms with Crippen LogP contribution in [0.3, 0.4) is 0 Å². The van der Waals surface area contributed by atoms with Crippen LogP contribution in [0.1, 0.15) is 91.0 Å². The van der Waals surface area contributed by atoms with Crippen LogP contribution in [-0.2, 0) is 9.53 Å². The van der Waals surface area contributed by atoms with Gasteiger partial charge in [0.25, 0.3) is 0 Å². The normalized spacial score (nSPS) is 18.6. The second-order valence-corrected chi connectivity index (χ2v) is 10.8. The van der Waals surface area contributed by atoms with Crippen molar-refractivity contribution in [2.45, 2.75) is 103 Å². The van der Waals surface area contributed by atoms with E-state index in [1.165, 1.54) is 73.2 Å². The number of para-hydroxylation sites is 2. The molecule has 4 rings (SSSR count). The summed E-state index contributed by atoms with van der Waals surface area (Å²) in [6, 6.07) is 16.9. The molecule has 2 heterocycles. The maximum Gasteiger partial charge on any atom is 0.172 e. The molecular weight excluding hydrogens is 444 g/mol. The molecule has 36 heavy (non-hydrogen) atoms. The van der Waals surface area contributed by atoms with E-state index in [2.05, 4.69) is 78.8 Å². The summed E-state index contributed by atoms with van der Waals surface area (Å²) in [4.78, 5) is 16.5. The van der Waals surface area contributed by atoms with Gasteiger partial charge in [0, 0.05) is 34.9 Å². The van der Waals surface area contributed by atoms with E-state index in [0.29, 0.717) is 12.4 Å². The number of ketones is 1. The predicted molar refractivity (Wildman–Crippen MR) is 152 cm³/mol. The summed E-state index contributed by atoms with van der Waals surface area (Å²) in [5.74, 6) is 0.343. The lowest BCUT2D eigenvalue weighted by molar-refractivity contribution is -0.130. The van der Waals surface area contributed by atoms with Crippen molar-refractivity contribution in [3.63, 3.8) is 0 Å². The highest BCUT2D eigenvalue weighted by molar-refractivity contribution is 6.09. The third-order valence-corrected chi connectivity index (χ3v) is 8.07. The first-order chi connectivity index (χ1) is 17.6. The van der Waals surface area contributed by atoms with Gasteiger partial charge in [-0.3, -0.25) is 9.69 Å². The highest BCUT2D eigenvalue weighted by Crippen LogP contribution is 2.35. The van der Waals surface area contributed by atoms with E-state index in [0.717, 1.165) is 25.9 Å². The summed E-state index contributed by atoms with van der Waals surface area (Å²) < 4.78 is 8.12. The number of ether oxygens (including phenoxy) is 1. The Morgan fingerprint density at radius 1 is 0.889 bits per heavy atom. The maximum absolute atomic E-state index is 14.2. The van der Waals surface area contributed by atoms with Crippen molar-refractivity contribution in [3.05, 3.63) is 48.5 Å². The number of aromatic nitrogens is 1. The highest BCUT2D eigenvalue weighted by atomic mass is 16.5. The Hall–Kier alpha value is -2.17. The van der Waals surface area contributed by atoms with Gasteiger partial charge in [0.15, 0.2) is 5.78 Å². The van der Waals surface area contributed by atoms with Crippen molar-refractivity contribution in [1.29, 1.82) is 0 Å². The van der Waals surface area contributed by atoms with E-state index in [9.17, 15) is 4.79 Å². The van der Waals surface area contributed by atoms with E-state index in [1.807, 2.05) is 0 Å². The van der Waals surface area contributed by atoms with Crippen molar-refractivity contribution in [3.8, 4) is 0 Å². The van der Waals surface area contributed by atoms with E-state index >= 15 is 0 Å². The van der Waals surface area contributed by atoms with Crippen LogP contribution < -0.4 is 0 Å². The Morgan fingerprint density at radius 2 is 1.44 bits per heavy atom. The number of unbranched alkanes of at least 4 members (excludes halogenated alkanes) is 8. The Labute approximate surface area is 218 Å². The number of fused-ring (bicyclic) bond motifs is 3. The number of hydrogen-bond acceptors (Lipinski definition) is 3. The Balaban J connectivity index is 1.53. The number of morpholine rings is 1.